The van der Waals surface area contributed by atoms with Crippen LogP contribution in [0.2, 0.25) is 0 Å². The third-order valence-electron chi connectivity index (χ3n) is 4.27. The molecular weight excluding hydrogens is 344 g/mol. The maximum absolute atomic E-state index is 12.8. The second-order valence-electron chi connectivity index (χ2n) is 6.04. The van der Waals surface area contributed by atoms with Crippen molar-refractivity contribution in [2.24, 2.45) is 0 Å². The normalized spacial score (nSPS) is 10.5. The molecule has 6 nitrogen and oxygen atoms in total. The molecule has 0 aliphatic rings. The first kappa shape index (κ1) is 18.5. The lowest BCUT2D eigenvalue weighted by Gasteiger charge is -2.15. The van der Waals surface area contributed by atoms with E-state index < -0.39 is 0 Å². The highest BCUT2D eigenvalue weighted by molar-refractivity contribution is 6.06. The van der Waals surface area contributed by atoms with Gasteiger partial charge in [-0.15, -0.1) is 0 Å². The molecule has 0 bridgehead atoms. The summed E-state index contributed by atoms with van der Waals surface area (Å²) >= 11 is 0. The molecule has 0 saturated heterocycles. The van der Waals surface area contributed by atoms with E-state index in [-0.39, 0.29) is 5.91 Å². The van der Waals surface area contributed by atoms with Crippen LogP contribution < -0.4 is 19.5 Å². The number of carbonyl (C=O) groups is 1. The fraction of sp³-hybridized carbons (Fsp3) is 0.238. The number of para-hydroxylation sites is 1. The fourth-order valence-corrected chi connectivity index (χ4v) is 3.01. The van der Waals surface area contributed by atoms with Gasteiger partial charge in [0.25, 0.3) is 5.91 Å². The summed E-state index contributed by atoms with van der Waals surface area (Å²) in [6, 6.07) is 13.0. The van der Waals surface area contributed by atoms with E-state index >= 15 is 0 Å². The van der Waals surface area contributed by atoms with Gasteiger partial charge >= 0.3 is 0 Å². The summed E-state index contributed by atoms with van der Waals surface area (Å²) in [5.74, 6) is 1.45. The van der Waals surface area contributed by atoms with Crippen molar-refractivity contribution < 1.29 is 19.0 Å². The number of benzene rings is 2. The first-order valence-corrected chi connectivity index (χ1v) is 8.50. The third-order valence-corrected chi connectivity index (χ3v) is 4.27. The maximum Gasteiger partial charge on any atom is 0.252 e. The molecule has 0 spiro atoms. The molecule has 140 valence electrons. The van der Waals surface area contributed by atoms with Crippen molar-refractivity contribution in [1.82, 2.24) is 10.3 Å². The average Bonchev–Trinajstić information content (AvgIpc) is 2.70. The van der Waals surface area contributed by atoms with Crippen molar-refractivity contribution in [3.05, 3.63) is 59.3 Å². The number of ether oxygens (including phenoxy) is 3. The van der Waals surface area contributed by atoms with Crippen LogP contribution in [0.15, 0.2) is 42.5 Å². The monoisotopic (exact) mass is 366 g/mol. The number of methoxy groups -OCH3 is 3. The molecule has 3 aromatic rings. The second kappa shape index (κ2) is 7.95. The molecule has 1 heterocycles. The number of nitrogens with zero attached hydrogens (tertiary/aromatic N) is 1. The van der Waals surface area contributed by atoms with Crippen LogP contribution in [-0.4, -0.2) is 32.2 Å². The summed E-state index contributed by atoms with van der Waals surface area (Å²) in [6.45, 7) is 2.20. The molecule has 0 fully saturated rings. The van der Waals surface area contributed by atoms with Gasteiger partial charge in [0.1, 0.15) is 0 Å². The van der Waals surface area contributed by atoms with Crippen molar-refractivity contribution in [2.45, 2.75) is 13.5 Å². The van der Waals surface area contributed by atoms with Crippen molar-refractivity contribution in [3.63, 3.8) is 0 Å². The van der Waals surface area contributed by atoms with Crippen LogP contribution in [-0.2, 0) is 6.54 Å². The topological polar surface area (TPSA) is 69.7 Å². The number of pyridine rings is 1. The van der Waals surface area contributed by atoms with Crippen molar-refractivity contribution in [3.8, 4) is 17.2 Å². The Kier molecular flexibility index (Phi) is 5.45. The second-order valence-corrected chi connectivity index (χ2v) is 6.04. The van der Waals surface area contributed by atoms with Gasteiger partial charge in [-0.2, -0.15) is 0 Å². The van der Waals surface area contributed by atoms with Crippen molar-refractivity contribution >= 4 is 16.8 Å². The molecule has 1 N–H and O–H groups in total. The number of hydrogen-bond acceptors (Lipinski definition) is 5. The predicted molar refractivity (Wildman–Crippen MR) is 104 cm³/mol. The number of fused-ring (bicyclic) bond motifs is 1. The molecule has 1 amide bonds. The molecular formula is C21H22N2O4. The summed E-state index contributed by atoms with van der Waals surface area (Å²) in [4.78, 5) is 17.3. The van der Waals surface area contributed by atoms with Gasteiger partial charge in [0.05, 0.1) is 32.4 Å². The smallest absolute Gasteiger partial charge is 0.252 e. The number of carbonyl (C=O) groups excluding carboxylic acids is 1. The van der Waals surface area contributed by atoms with Crippen LogP contribution in [0.25, 0.3) is 10.9 Å². The van der Waals surface area contributed by atoms with Gasteiger partial charge in [0.15, 0.2) is 11.5 Å². The predicted octanol–water partition coefficient (Wildman–Crippen LogP) is 3.50. The van der Waals surface area contributed by atoms with Gasteiger partial charge in [-0.3, -0.25) is 9.78 Å². The Morgan fingerprint density at radius 3 is 2.30 bits per heavy atom. The van der Waals surface area contributed by atoms with Gasteiger partial charge in [0.2, 0.25) is 5.75 Å². The standard InChI is InChI=1S/C21H22N2O4/c1-13-9-16(15-7-5-6-8-17(15)23-13)21(24)22-12-14-10-18(25-2)20(27-4)19(11-14)26-3/h5-11H,12H2,1-4H3,(H,22,24). The zero-order chi connectivity index (χ0) is 19.4. The van der Waals surface area contributed by atoms with Gasteiger partial charge < -0.3 is 19.5 Å². The van der Waals surface area contributed by atoms with Crippen LogP contribution in [0.3, 0.4) is 0 Å². The Balaban J connectivity index is 1.86. The molecule has 3 rings (SSSR count). The SMILES string of the molecule is COc1cc(CNC(=O)c2cc(C)nc3ccccc23)cc(OC)c1OC. The first-order chi connectivity index (χ1) is 13.1. The molecule has 2 aromatic carbocycles. The summed E-state index contributed by atoms with van der Waals surface area (Å²) < 4.78 is 16.0. The molecule has 27 heavy (non-hydrogen) atoms. The summed E-state index contributed by atoms with van der Waals surface area (Å²) in [5.41, 5.74) is 3.04. The third kappa shape index (κ3) is 3.79. The largest absolute Gasteiger partial charge is 0.493 e. The first-order valence-electron chi connectivity index (χ1n) is 8.50. The number of hydrogen-bond donors (Lipinski definition) is 1. The van der Waals surface area contributed by atoms with E-state index in [1.54, 1.807) is 27.4 Å². The Morgan fingerprint density at radius 2 is 1.67 bits per heavy atom. The minimum atomic E-state index is -0.162. The molecule has 0 radical (unpaired) electrons. The lowest BCUT2D eigenvalue weighted by molar-refractivity contribution is 0.0952. The molecule has 0 atom stereocenters. The van der Waals surface area contributed by atoms with Crippen molar-refractivity contribution in [2.75, 3.05) is 21.3 Å². The lowest BCUT2D eigenvalue weighted by Crippen LogP contribution is -2.23. The maximum atomic E-state index is 12.8. The highest BCUT2D eigenvalue weighted by Crippen LogP contribution is 2.38. The van der Waals surface area contributed by atoms with E-state index in [1.807, 2.05) is 43.3 Å². The van der Waals surface area contributed by atoms with Gasteiger partial charge in [-0.25, -0.2) is 0 Å². The Bertz CT molecular complexity index is 960. The average molecular weight is 366 g/mol. The lowest BCUT2D eigenvalue weighted by atomic mass is 10.1. The van der Waals surface area contributed by atoms with E-state index in [9.17, 15) is 4.79 Å². The van der Waals surface area contributed by atoms with Crippen LogP contribution in [0.1, 0.15) is 21.6 Å². The van der Waals surface area contributed by atoms with Gasteiger partial charge in [-0.05, 0) is 36.8 Å². The quantitative estimate of drug-likeness (QED) is 0.723. The molecule has 0 aliphatic heterocycles. The number of amides is 1. The van der Waals surface area contributed by atoms with E-state index in [0.717, 1.165) is 22.2 Å². The Labute approximate surface area is 158 Å². The minimum absolute atomic E-state index is 0.162. The zero-order valence-corrected chi connectivity index (χ0v) is 15.8. The highest BCUT2D eigenvalue weighted by atomic mass is 16.5. The summed E-state index contributed by atoms with van der Waals surface area (Å²) in [7, 11) is 4.68. The van der Waals surface area contributed by atoms with E-state index in [0.29, 0.717) is 29.4 Å². The fourth-order valence-electron chi connectivity index (χ4n) is 3.01. The molecule has 0 saturated carbocycles. The van der Waals surface area contributed by atoms with Crippen LogP contribution >= 0.6 is 0 Å². The van der Waals surface area contributed by atoms with Gasteiger partial charge in [-0.1, -0.05) is 18.2 Å². The molecule has 0 unspecified atom stereocenters. The minimum Gasteiger partial charge on any atom is -0.493 e. The van der Waals surface area contributed by atoms with E-state index in [4.69, 9.17) is 14.2 Å². The Hall–Kier alpha value is -3.28. The molecule has 6 heteroatoms. The van der Waals surface area contributed by atoms with Crippen LogP contribution in [0.4, 0.5) is 0 Å². The van der Waals surface area contributed by atoms with Crippen LogP contribution in [0, 0.1) is 6.92 Å². The number of aromatic nitrogens is 1. The Morgan fingerprint density at radius 1 is 1.00 bits per heavy atom. The van der Waals surface area contributed by atoms with Crippen LogP contribution in [0.5, 0.6) is 17.2 Å². The van der Waals surface area contributed by atoms with Crippen molar-refractivity contribution in [1.29, 1.82) is 0 Å². The molecule has 1 aromatic heterocycles. The van der Waals surface area contributed by atoms with E-state index in [1.165, 1.54) is 0 Å². The van der Waals surface area contributed by atoms with E-state index in [2.05, 4.69) is 10.3 Å². The van der Waals surface area contributed by atoms with Gasteiger partial charge in [0, 0.05) is 17.6 Å². The zero-order valence-electron chi connectivity index (χ0n) is 15.8. The summed E-state index contributed by atoms with van der Waals surface area (Å²) in [5, 5.41) is 3.78. The highest BCUT2D eigenvalue weighted by Gasteiger charge is 2.15. The number of aryl methyl sites for hydroxylation is 1. The number of rotatable bonds is 6. The molecule has 0 aliphatic carbocycles. The summed E-state index contributed by atoms with van der Waals surface area (Å²) in [6.07, 6.45) is 0. The number of nitrogens with one attached hydrogen (secondary N) is 1.